The van der Waals surface area contributed by atoms with E-state index in [1.807, 2.05) is 31.2 Å². The van der Waals surface area contributed by atoms with Crippen LogP contribution in [0.3, 0.4) is 0 Å². The Kier molecular flexibility index (Phi) is 4.63. The van der Waals surface area contributed by atoms with E-state index in [1.54, 1.807) is 23.9 Å². The highest BCUT2D eigenvalue weighted by molar-refractivity contribution is 7.98. The highest BCUT2D eigenvalue weighted by Gasteiger charge is 2.08. The van der Waals surface area contributed by atoms with Gasteiger partial charge in [-0.1, -0.05) is 18.2 Å². The summed E-state index contributed by atoms with van der Waals surface area (Å²) in [6.45, 7) is 1.98. The minimum Gasteiger partial charge on any atom is -0.464 e. The van der Waals surface area contributed by atoms with Crippen molar-refractivity contribution in [2.45, 2.75) is 17.6 Å². The molecular weight excluding hydrogens is 272 g/mol. The van der Waals surface area contributed by atoms with Gasteiger partial charge in [0.2, 0.25) is 0 Å². The number of hydrogen-bond donors (Lipinski definition) is 1. The number of carbonyl (C=O) groups excluding carboxylic acids is 1. The first-order valence-electron chi connectivity index (χ1n) is 6.14. The molecule has 1 aromatic carbocycles. The first-order valence-corrected chi connectivity index (χ1v) is 7.12. The summed E-state index contributed by atoms with van der Waals surface area (Å²) >= 11 is 1.60. The molecule has 104 valence electrons. The second-order valence-corrected chi connectivity index (χ2v) is 5.30. The number of benzene rings is 1. The fourth-order valence-electron chi connectivity index (χ4n) is 1.71. The number of thioether (sulfide) groups is 1. The molecule has 0 saturated carbocycles. The lowest BCUT2D eigenvalue weighted by Crippen LogP contribution is -2.05. The predicted octanol–water partition coefficient (Wildman–Crippen LogP) is 3.05. The Labute approximate surface area is 122 Å². The van der Waals surface area contributed by atoms with Gasteiger partial charge in [-0.05, 0) is 30.7 Å². The number of nitrogens with two attached hydrogens (primary N) is 1. The van der Waals surface area contributed by atoms with Gasteiger partial charge in [-0.25, -0.2) is 9.78 Å². The smallest absolute Gasteiger partial charge is 0.356 e. The van der Waals surface area contributed by atoms with Crippen molar-refractivity contribution in [1.29, 1.82) is 0 Å². The van der Waals surface area contributed by atoms with E-state index in [0.29, 0.717) is 11.4 Å². The quantitative estimate of drug-likeness (QED) is 0.532. The molecule has 0 aliphatic carbocycles. The summed E-state index contributed by atoms with van der Waals surface area (Å²) in [6.07, 6.45) is 0. The van der Waals surface area contributed by atoms with E-state index in [2.05, 4.69) is 9.72 Å². The maximum absolute atomic E-state index is 11.4. The summed E-state index contributed by atoms with van der Waals surface area (Å²) in [6, 6.07) is 11.3. The van der Waals surface area contributed by atoms with Gasteiger partial charge in [0.15, 0.2) is 0 Å². The lowest BCUT2D eigenvalue weighted by atomic mass is 10.2. The third kappa shape index (κ3) is 3.30. The van der Waals surface area contributed by atoms with Gasteiger partial charge in [0, 0.05) is 16.3 Å². The van der Waals surface area contributed by atoms with Crippen LogP contribution >= 0.6 is 11.8 Å². The van der Waals surface area contributed by atoms with Gasteiger partial charge >= 0.3 is 5.97 Å². The number of hydrogen-bond acceptors (Lipinski definition) is 5. The molecule has 5 heteroatoms. The number of pyridine rings is 1. The molecule has 0 aliphatic rings. The van der Waals surface area contributed by atoms with Crippen LogP contribution in [0.2, 0.25) is 0 Å². The van der Waals surface area contributed by atoms with Crippen molar-refractivity contribution in [3.63, 3.8) is 0 Å². The average molecular weight is 288 g/mol. The molecule has 0 aliphatic heterocycles. The number of rotatable bonds is 4. The molecule has 0 bridgehead atoms. The first kappa shape index (κ1) is 14.4. The summed E-state index contributed by atoms with van der Waals surface area (Å²) in [4.78, 5) is 16.7. The molecule has 0 spiro atoms. The Hall–Kier alpha value is -2.01. The molecule has 1 aromatic heterocycles. The van der Waals surface area contributed by atoms with E-state index in [0.717, 1.165) is 21.8 Å². The number of nitrogen functional groups attached to an aromatic ring is 1. The highest BCUT2D eigenvalue weighted by atomic mass is 32.2. The molecule has 0 unspecified atom stereocenters. The molecule has 0 atom stereocenters. The van der Waals surface area contributed by atoms with Crippen molar-refractivity contribution in [2.24, 2.45) is 0 Å². The fourth-order valence-corrected chi connectivity index (χ4v) is 2.66. The maximum atomic E-state index is 11.4. The number of ether oxygens (including phenoxy) is 1. The Balaban J connectivity index is 2.11. The summed E-state index contributed by atoms with van der Waals surface area (Å²) in [7, 11) is 1.35. The Bertz CT molecular complexity index is 629. The monoisotopic (exact) mass is 288 g/mol. The number of anilines is 1. The molecule has 4 nitrogen and oxygen atoms in total. The first-order chi connectivity index (χ1) is 9.61. The van der Waals surface area contributed by atoms with Crippen LogP contribution in [-0.2, 0) is 10.5 Å². The summed E-state index contributed by atoms with van der Waals surface area (Å²) in [5.41, 5.74) is 9.03. The molecule has 1 heterocycles. The molecule has 0 radical (unpaired) electrons. The van der Waals surface area contributed by atoms with Crippen LogP contribution in [0, 0.1) is 6.92 Å². The Morgan fingerprint density at radius 1 is 1.30 bits per heavy atom. The van der Waals surface area contributed by atoms with Crippen molar-refractivity contribution in [1.82, 2.24) is 4.98 Å². The summed E-state index contributed by atoms with van der Waals surface area (Å²) in [5, 5.41) is 0. The third-order valence-electron chi connectivity index (χ3n) is 2.86. The zero-order valence-corrected chi connectivity index (χ0v) is 12.2. The lowest BCUT2D eigenvalue weighted by molar-refractivity contribution is 0.0594. The number of aryl methyl sites for hydroxylation is 1. The number of nitrogens with zero attached hydrogens (tertiary/aromatic N) is 1. The third-order valence-corrected chi connectivity index (χ3v) is 3.97. The largest absolute Gasteiger partial charge is 0.464 e. The van der Waals surface area contributed by atoms with E-state index >= 15 is 0 Å². The van der Waals surface area contributed by atoms with E-state index < -0.39 is 5.97 Å². The van der Waals surface area contributed by atoms with Gasteiger partial charge < -0.3 is 10.5 Å². The van der Waals surface area contributed by atoms with Crippen LogP contribution in [0.5, 0.6) is 0 Å². The standard InChI is InChI=1S/C15H16N2O2S/c1-10-5-3-8-13(14(10)16)20-9-11-6-4-7-12(17-11)15(18)19-2/h3-8H,9,16H2,1-2H3. The van der Waals surface area contributed by atoms with Crippen molar-refractivity contribution < 1.29 is 9.53 Å². The predicted molar refractivity (Wildman–Crippen MR) is 80.7 cm³/mol. The molecule has 0 amide bonds. The molecule has 0 fully saturated rings. The topological polar surface area (TPSA) is 65.2 Å². The van der Waals surface area contributed by atoms with Gasteiger partial charge in [0.25, 0.3) is 0 Å². The van der Waals surface area contributed by atoms with Crippen molar-refractivity contribution in [2.75, 3.05) is 12.8 Å². The molecule has 20 heavy (non-hydrogen) atoms. The van der Waals surface area contributed by atoms with Crippen LogP contribution in [0.4, 0.5) is 5.69 Å². The van der Waals surface area contributed by atoms with Crippen molar-refractivity contribution in [3.05, 3.63) is 53.3 Å². The number of methoxy groups -OCH3 is 1. The van der Waals surface area contributed by atoms with Gasteiger partial charge in [0.05, 0.1) is 12.8 Å². The average Bonchev–Trinajstić information content (AvgIpc) is 2.48. The van der Waals surface area contributed by atoms with Gasteiger partial charge in [-0.15, -0.1) is 11.8 Å². The summed E-state index contributed by atoms with van der Waals surface area (Å²) in [5.74, 6) is 0.227. The van der Waals surface area contributed by atoms with Crippen LogP contribution in [0.1, 0.15) is 21.7 Å². The van der Waals surface area contributed by atoms with Crippen molar-refractivity contribution >= 4 is 23.4 Å². The zero-order valence-electron chi connectivity index (χ0n) is 11.4. The minimum atomic E-state index is -0.424. The van der Waals surface area contributed by atoms with E-state index in [4.69, 9.17) is 5.73 Å². The van der Waals surface area contributed by atoms with Crippen LogP contribution in [-0.4, -0.2) is 18.1 Å². The zero-order chi connectivity index (χ0) is 14.5. The van der Waals surface area contributed by atoms with Gasteiger partial charge in [-0.2, -0.15) is 0 Å². The minimum absolute atomic E-state index is 0.322. The van der Waals surface area contributed by atoms with E-state index in [9.17, 15) is 4.79 Å². The number of aromatic nitrogens is 1. The Morgan fingerprint density at radius 3 is 2.80 bits per heavy atom. The molecule has 2 N–H and O–H groups in total. The van der Waals surface area contributed by atoms with Gasteiger partial charge in [0.1, 0.15) is 5.69 Å². The number of para-hydroxylation sites is 1. The SMILES string of the molecule is COC(=O)c1cccc(CSc2cccc(C)c2N)n1. The van der Waals surface area contributed by atoms with Crippen molar-refractivity contribution in [3.8, 4) is 0 Å². The van der Waals surface area contributed by atoms with E-state index in [-0.39, 0.29) is 0 Å². The molecule has 0 saturated heterocycles. The normalized spacial score (nSPS) is 10.3. The molecule has 2 aromatic rings. The Morgan fingerprint density at radius 2 is 2.05 bits per heavy atom. The fraction of sp³-hybridized carbons (Fsp3) is 0.200. The van der Waals surface area contributed by atoms with E-state index in [1.165, 1.54) is 7.11 Å². The lowest BCUT2D eigenvalue weighted by Gasteiger charge is -2.08. The molecular formula is C15H16N2O2S. The van der Waals surface area contributed by atoms with Gasteiger partial charge in [-0.3, -0.25) is 0 Å². The summed E-state index contributed by atoms with van der Waals surface area (Å²) < 4.78 is 4.66. The number of carbonyl (C=O) groups is 1. The second kappa shape index (κ2) is 6.43. The van der Waals surface area contributed by atoms with Crippen LogP contribution < -0.4 is 5.73 Å². The highest BCUT2D eigenvalue weighted by Crippen LogP contribution is 2.29. The molecule has 2 rings (SSSR count). The van der Waals surface area contributed by atoms with Crippen LogP contribution in [0.15, 0.2) is 41.3 Å². The van der Waals surface area contributed by atoms with Crippen LogP contribution in [0.25, 0.3) is 0 Å². The second-order valence-electron chi connectivity index (χ2n) is 4.28. The number of esters is 1. The maximum Gasteiger partial charge on any atom is 0.356 e.